The van der Waals surface area contributed by atoms with Crippen molar-refractivity contribution in [2.45, 2.75) is 32.5 Å². The lowest BCUT2D eigenvalue weighted by molar-refractivity contribution is -0.137. The van der Waals surface area contributed by atoms with Crippen molar-refractivity contribution in [1.29, 1.82) is 0 Å². The Labute approximate surface area is 196 Å². The summed E-state index contributed by atoms with van der Waals surface area (Å²) >= 11 is 0. The monoisotopic (exact) mass is 480 g/mol. The quantitative estimate of drug-likeness (QED) is 0.429. The molecule has 8 heteroatoms. The van der Waals surface area contributed by atoms with Crippen LogP contribution >= 0.6 is 12.4 Å². The molecule has 3 rings (SSSR count). The van der Waals surface area contributed by atoms with Gasteiger partial charge in [0, 0.05) is 12.2 Å². The fraction of sp³-hybridized carbons (Fsp3) is 0.240. The Balaban J connectivity index is 0.00000385. The highest BCUT2D eigenvalue weighted by Crippen LogP contribution is 2.31. The number of halogens is 5. The van der Waals surface area contributed by atoms with Crippen LogP contribution < -0.4 is 10.6 Å². The summed E-state index contributed by atoms with van der Waals surface area (Å²) in [5.41, 5.74) is 8.50. The van der Waals surface area contributed by atoms with Gasteiger partial charge in [-0.2, -0.15) is 13.2 Å². The van der Waals surface area contributed by atoms with E-state index in [0.29, 0.717) is 17.3 Å². The first-order valence-electron chi connectivity index (χ1n) is 10.1. The van der Waals surface area contributed by atoms with Gasteiger partial charge in [-0.1, -0.05) is 36.4 Å². The van der Waals surface area contributed by atoms with Crippen LogP contribution in [0.1, 0.15) is 33.9 Å². The van der Waals surface area contributed by atoms with Crippen LogP contribution in [0.4, 0.5) is 23.2 Å². The zero-order chi connectivity index (χ0) is 23.5. The fourth-order valence-corrected chi connectivity index (χ4v) is 3.43. The van der Waals surface area contributed by atoms with E-state index >= 15 is 0 Å². The van der Waals surface area contributed by atoms with E-state index in [2.05, 4.69) is 0 Å². The Morgan fingerprint density at radius 3 is 2.24 bits per heavy atom. The summed E-state index contributed by atoms with van der Waals surface area (Å²) < 4.78 is 53.0. The van der Waals surface area contributed by atoms with Crippen molar-refractivity contribution in [3.05, 3.63) is 100 Å². The van der Waals surface area contributed by atoms with Gasteiger partial charge in [0.05, 0.1) is 5.56 Å². The normalized spacial score (nSPS) is 12.1. The summed E-state index contributed by atoms with van der Waals surface area (Å²) in [4.78, 5) is 14.7. The molecule has 0 radical (unpaired) electrons. The molecule has 0 saturated carbocycles. The largest absolute Gasteiger partial charge is 0.416 e. The lowest BCUT2D eigenvalue weighted by Crippen LogP contribution is -2.40. The molecule has 33 heavy (non-hydrogen) atoms. The van der Waals surface area contributed by atoms with Gasteiger partial charge in [-0.25, -0.2) is 4.39 Å². The molecule has 0 aromatic heterocycles. The van der Waals surface area contributed by atoms with Gasteiger partial charge < -0.3 is 10.6 Å². The van der Waals surface area contributed by atoms with Crippen LogP contribution in [0.15, 0.2) is 66.7 Å². The van der Waals surface area contributed by atoms with Gasteiger partial charge in [0.25, 0.3) is 0 Å². The number of rotatable bonds is 6. The summed E-state index contributed by atoms with van der Waals surface area (Å²) in [6, 6.07) is 15.8. The van der Waals surface area contributed by atoms with Crippen LogP contribution in [0.3, 0.4) is 0 Å². The van der Waals surface area contributed by atoms with Crippen molar-refractivity contribution in [3.8, 4) is 0 Å². The average molecular weight is 481 g/mol. The summed E-state index contributed by atoms with van der Waals surface area (Å²) in [6.45, 7) is 3.88. The van der Waals surface area contributed by atoms with Crippen LogP contribution in [0.5, 0.6) is 0 Å². The van der Waals surface area contributed by atoms with Gasteiger partial charge in [0.2, 0.25) is 5.91 Å². The maximum atomic E-state index is 13.8. The topological polar surface area (TPSA) is 46.3 Å². The van der Waals surface area contributed by atoms with E-state index in [1.165, 1.54) is 4.90 Å². The van der Waals surface area contributed by atoms with E-state index in [4.69, 9.17) is 5.73 Å². The maximum Gasteiger partial charge on any atom is 0.416 e. The lowest BCUT2D eigenvalue weighted by Gasteiger charge is -2.27. The molecule has 3 aromatic carbocycles. The summed E-state index contributed by atoms with van der Waals surface area (Å²) in [5.74, 6) is -1.37. The first-order chi connectivity index (χ1) is 15.1. The molecule has 0 aliphatic rings. The summed E-state index contributed by atoms with van der Waals surface area (Å²) in [7, 11) is 0. The number of anilines is 1. The number of aryl methyl sites for hydroxylation is 2. The standard InChI is InChI=1S/C25H24F4N2O.ClH/c1-16-8-9-22(12-17(16)2)31(24(32)23(30)19-6-4-3-5-7-19)11-10-18-13-20(25(27,28)29)15-21(26)14-18;/h3-9,12-15,23H,10-11,30H2,1-2H3;1H/t23-;/m0./s1. The number of alkyl halides is 3. The smallest absolute Gasteiger partial charge is 0.316 e. The lowest BCUT2D eigenvalue weighted by atomic mass is 10.0. The van der Waals surface area contributed by atoms with Gasteiger partial charge in [-0.15, -0.1) is 12.4 Å². The van der Waals surface area contributed by atoms with Crippen LogP contribution in [0, 0.1) is 19.7 Å². The molecule has 3 aromatic rings. The summed E-state index contributed by atoms with van der Waals surface area (Å²) in [5, 5.41) is 0. The number of hydrogen-bond donors (Lipinski definition) is 1. The highest BCUT2D eigenvalue weighted by molar-refractivity contribution is 5.97. The van der Waals surface area contributed by atoms with Crippen LogP contribution in [-0.2, 0) is 17.4 Å². The van der Waals surface area contributed by atoms with E-state index < -0.39 is 29.5 Å². The third-order valence-corrected chi connectivity index (χ3v) is 5.40. The number of nitrogens with zero attached hydrogens (tertiary/aromatic N) is 1. The van der Waals surface area contributed by atoms with Crippen molar-refractivity contribution >= 4 is 24.0 Å². The number of amides is 1. The molecule has 2 N–H and O–H groups in total. The van der Waals surface area contributed by atoms with Crippen LogP contribution in [0.2, 0.25) is 0 Å². The van der Waals surface area contributed by atoms with E-state index in [1.54, 1.807) is 30.3 Å². The minimum atomic E-state index is -4.66. The van der Waals surface area contributed by atoms with Crippen molar-refractivity contribution in [3.63, 3.8) is 0 Å². The minimum Gasteiger partial charge on any atom is -0.316 e. The molecule has 0 fully saturated rings. The molecule has 1 amide bonds. The van der Waals surface area contributed by atoms with Crippen molar-refractivity contribution in [1.82, 2.24) is 0 Å². The van der Waals surface area contributed by atoms with Crippen molar-refractivity contribution in [2.24, 2.45) is 5.73 Å². The number of benzene rings is 3. The number of nitrogens with two attached hydrogens (primary N) is 1. The number of carbonyl (C=O) groups is 1. The van der Waals surface area contributed by atoms with E-state index in [0.717, 1.165) is 23.3 Å². The zero-order valence-corrected chi connectivity index (χ0v) is 19.0. The Morgan fingerprint density at radius 1 is 0.970 bits per heavy atom. The van der Waals surface area contributed by atoms with E-state index in [9.17, 15) is 22.4 Å². The minimum absolute atomic E-state index is 0. The van der Waals surface area contributed by atoms with Crippen LogP contribution in [0.25, 0.3) is 0 Å². The zero-order valence-electron chi connectivity index (χ0n) is 18.2. The van der Waals surface area contributed by atoms with Gasteiger partial charge in [-0.05, 0) is 72.9 Å². The highest BCUT2D eigenvalue weighted by atomic mass is 35.5. The third kappa shape index (κ3) is 6.55. The molecule has 0 unspecified atom stereocenters. The van der Waals surface area contributed by atoms with Gasteiger partial charge in [-0.3, -0.25) is 4.79 Å². The highest BCUT2D eigenvalue weighted by Gasteiger charge is 2.31. The van der Waals surface area contributed by atoms with Gasteiger partial charge in [0.1, 0.15) is 11.9 Å². The molecule has 176 valence electrons. The fourth-order valence-electron chi connectivity index (χ4n) is 3.43. The predicted octanol–water partition coefficient (Wildman–Crippen LogP) is 6.16. The molecule has 0 aliphatic heterocycles. The first-order valence-corrected chi connectivity index (χ1v) is 10.1. The third-order valence-electron chi connectivity index (χ3n) is 5.40. The predicted molar refractivity (Wildman–Crippen MR) is 124 cm³/mol. The molecule has 0 aliphatic carbocycles. The Bertz CT molecular complexity index is 1100. The second-order valence-electron chi connectivity index (χ2n) is 7.74. The van der Waals surface area contributed by atoms with Gasteiger partial charge in [0.15, 0.2) is 0 Å². The maximum absolute atomic E-state index is 13.8. The number of carbonyl (C=O) groups excluding carboxylic acids is 1. The molecule has 0 saturated heterocycles. The SMILES string of the molecule is Cc1ccc(N(CCc2cc(F)cc(C(F)(F)F)c2)C(=O)[C@@H](N)c2ccccc2)cc1C.Cl. The Kier molecular flexibility index (Phi) is 8.63. The molecule has 0 spiro atoms. The summed E-state index contributed by atoms with van der Waals surface area (Å²) in [6.07, 6.45) is -4.63. The van der Waals surface area contributed by atoms with Gasteiger partial charge >= 0.3 is 6.18 Å². The average Bonchev–Trinajstić information content (AvgIpc) is 2.75. The Morgan fingerprint density at radius 2 is 1.64 bits per heavy atom. The molecule has 0 bridgehead atoms. The molecule has 3 nitrogen and oxygen atoms in total. The molecular weight excluding hydrogens is 456 g/mol. The van der Waals surface area contributed by atoms with Crippen LogP contribution in [-0.4, -0.2) is 12.5 Å². The Hall–Kier alpha value is -2.90. The molecule has 1 atom stereocenters. The van der Waals surface area contributed by atoms with E-state index in [-0.39, 0.29) is 30.9 Å². The molecule has 0 heterocycles. The first kappa shape index (κ1) is 26.4. The second kappa shape index (κ2) is 10.8. The number of hydrogen-bond acceptors (Lipinski definition) is 2. The second-order valence-corrected chi connectivity index (χ2v) is 7.74. The van der Waals surface area contributed by atoms with E-state index in [1.807, 2.05) is 32.0 Å². The molecular formula is C25H25ClF4N2O. The van der Waals surface area contributed by atoms with Crippen molar-refractivity contribution in [2.75, 3.05) is 11.4 Å². The van der Waals surface area contributed by atoms with Crippen molar-refractivity contribution < 1.29 is 22.4 Å².